The van der Waals surface area contributed by atoms with Crippen LogP contribution in [0.15, 0.2) is 54.9 Å². The van der Waals surface area contributed by atoms with Gasteiger partial charge < -0.3 is 35.7 Å². The van der Waals surface area contributed by atoms with E-state index >= 15 is 0 Å². The molecule has 1 saturated carbocycles. The van der Waals surface area contributed by atoms with Crippen molar-refractivity contribution in [2.75, 3.05) is 31.0 Å². The molecule has 45 heavy (non-hydrogen) atoms. The molecule has 3 aromatic rings. The summed E-state index contributed by atoms with van der Waals surface area (Å²) in [6.45, 7) is 0.784. The van der Waals surface area contributed by atoms with Crippen LogP contribution in [0, 0.1) is 0 Å². The van der Waals surface area contributed by atoms with Crippen molar-refractivity contribution in [2.24, 2.45) is 5.73 Å². The van der Waals surface area contributed by atoms with Crippen LogP contribution in [0.4, 0.5) is 24.7 Å². The van der Waals surface area contributed by atoms with Crippen LogP contribution in [-0.2, 0) is 9.53 Å². The van der Waals surface area contributed by atoms with Gasteiger partial charge in [-0.2, -0.15) is 13.2 Å². The molecule has 16 heteroatoms. The molecule has 242 valence electrons. The number of nitrogens with zero attached hydrogens (tertiary/aromatic N) is 2. The molecule has 0 radical (unpaired) electrons. The highest BCUT2D eigenvalue weighted by atomic mass is 35.5. The van der Waals surface area contributed by atoms with Gasteiger partial charge in [-0.1, -0.05) is 11.6 Å². The zero-order chi connectivity index (χ0) is 33.0. The number of hydrogen-bond acceptors (Lipinski definition) is 9. The number of benzene rings is 1. The van der Waals surface area contributed by atoms with Crippen molar-refractivity contribution in [1.82, 2.24) is 9.97 Å². The number of carbonyl (C=O) groups is 3. The second-order valence-corrected chi connectivity index (χ2v) is 10.1. The van der Waals surface area contributed by atoms with Crippen LogP contribution in [-0.4, -0.2) is 71.5 Å². The molecule has 1 aliphatic rings. The smallest absolute Gasteiger partial charge is 0.490 e. The lowest BCUT2D eigenvalue weighted by atomic mass is 9.93. The average molecular weight is 654 g/mol. The average Bonchev–Trinajstić information content (AvgIpc) is 3.00. The molecule has 1 fully saturated rings. The summed E-state index contributed by atoms with van der Waals surface area (Å²) in [5.41, 5.74) is 6.60. The Hall–Kier alpha value is -4.47. The molecule has 2 aromatic heterocycles. The number of aliphatic carboxylic acids is 1. The van der Waals surface area contributed by atoms with Crippen molar-refractivity contribution in [3.05, 3.63) is 71.1 Å². The van der Waals surface area contributed by atoms with E-state index in [9.17, 15) is 22.8 Å². The fourth-order valence-electron chi connectivity index (χ4n) is 4.01. The minimum Gasteiger partial charge on any atom is -0.491 e. The lowest BCUT2D eigenvalue weighted by Gasteiger charge is -2.27. The van der Waals surface area contributed by atoms with E-state index in [1.165, 1.54) is 12.4 Å². The summed E-state index contributed by atoms with van der Waals surface area (Å²) in [5, 5.41) is 13.0. The molecule has 4 rings (SSSR count). The fourth-order valence-corrected chi connectivity index (χ4v) is 4.12. The van der Waals surface area contributed by atoms with Crippen molar-refractivity contribution >= 4 is 40.9 Å². The van der Waals surface area contributed by atoms with E-state index in [2.05, 4.69) is 20.6 Å². The highest BCUT2D eigenvalue weighted by molar-refractivity contribution is 6.30. The van der Waals surface area contributed by atoms with E-state index in [1.807, 2.05) is 0 Å². The number of rotatable bonds is 10. The molecule has 12 nitrogen and oxygen atoms in total. The Morgan fingerprint density at radius 1 is 1.02 bits per heavy atom. The molecule has 1 aliphatic carbocycles. The third kappa shape index (κ3) is 11.2. The Morgan fingerprint density at radius 3 is 2.36 bits per heavy atom. The van der Waals surface area contributed by atoms with Gasteiger partial charge in [0.05, 0.1) is 29.0 Å². The number of nitrogens with one attached hydrogen (secondary N) is 2. The van der Waals surface area contributed by atoms with Gasteiger partial charge in [0.15, 0.2) is 5.69 Å². The number of aromatic nitrogens is 2. The molecule has 1 aromatic carbocycles. The monoisotopic (exact) mass is 653 g/mol. The van der Waals surface area contributed by atoms with E-state index in [0.29, 0.717) is 41.1 Å². The van der Waals surface area contributed by atoms with Crippen molar-refractivity contribution in [2.45, 2.75) is 44.0 Å². The summed E-state index contributed by atoms with van der Waals surface area (Å²) in [4.78, 5) is 43.4. The summed E-state index contributed by atoms with van der Waals surface area (Å²) in [5.74, 6) is -2.51. The molecule has 0 saturated heterocycles. The van der Waals surface area contributed by atoms with Crippen LogP contribution in [0.2, 0.25) is 5.02 Å². The van der Waals surface area contributed by atoms with Crippen molar-refractivity contribution in [1.29, 1.82) is 0 Å². The Balaban J connectivity index is 0.000000707. The van der Waals surface area contributed by atoms with Crippen molar-refractivity contribution in [3.63, 3.8) is 0 Å². The van der Waals surface area contributed by atoms with Crippen LogP contribution in [0.3, 0.4) is 0 Å². The molecule has 2 heterocycles. The van der Waals surface area contributed by atoms with Crippen molar-refractivity contribution < 1.29 is 46.9 Å². The first kappa shape index (κ1) is 35.0. The number of carbonyl (C=O) groups excluding carboxylic acids is 2. The van der Waals surface area contributed by atoms with Gasteiger partial charge in [-0.3, -0.25) is 9.59 Å². The minimum absolute atomic E-state index is 0.0286. The summed E-state index contributed by atoms with van der Waals surface area (Å²) in [6, 6.07) is 11.6. The SMILES string of the molecule is COCCOc1ccc(C(=O)Nc2cccnc2C(=O)Nc2ccc(Cl)cn2)c(OC2CCC(N)CC2)c1.O=C(O)C(F)(F)F. The maximum absolute atomic E-state index is 13.4. The molecule has 5 N–H and O–H groups in total. The number of alkyl halides is 3. The van der Waals surface area contributed by atoms with E-state index in [-0.39, 0.29) is 23.5 Å². The molecule has 0 bridgehead atoms. The molecule has 0 aliphatic heterocycles. The van der Waals surface area contributed by atoms with Gasteiger partial charge in [-0.25, -0.2) is 14.8 Å². The second-order valence-electron chi connectivity index (χ2n) is 9.63. The number of ether oxygens (including phenoxy) is 3. The fraction of sp³-hybridized carbons (Fsp3) is 0.345. The number of carboxylic acid groups (broad SMARTS) is 1. The number of nitrogens with two attached hydrogens (primary N) is 1. The Morgan fingerprint density at radius 2 is 1.73 bits per heavy atom. The Kier molecular flexibility index (Phi) is 12.9. The van der Waals surface area contributed by atoms with Crippen LogP contribution in [0.5, 0.6) is 11.5 Å². The van der Waals surface area contributed by atoms with E-state index in [1.54, 1.807) is 49.6 Å². The molecular weight excluding hydrogens is 623 g/mol. The van der Waals surface area contributed by atoms with E-state index in [0.717, 1.165) is 25.7 Å². The predicted octanol–water partition coefficient (Wildman–Crippen LogP) is 4.94. The second kappa shape index (κ2) is 16.6. The topological polar surface area (TPSA) is 175 Å². The summed E-state index contributed by atoms with van der Waals surface area (Å²) in [7, 11) is 1.60. The molecule has 0 atom stereocenters. The number of carboxylic acids is 1. The van der Waals surface area contributed by atoms with Gasteiger partial charge in [-0.15, -0.1) is 0 Å². The van der Waals surface area contributed by atoms with Gasteiger partial charge in [0.25, 0.3) is 11.8 Å². The number of methoxy groups -OCH3 is 1. The minimum atomic E-state index is -5.08. The number of anilines is 2. The maximum Gasteiger partial charge on any atom is 0.490 e. The van der Waals surface area contributed by atoms with Crippen molar-refractivity contribution in [3.8, 4) is 11.5 Å². The van der Waals surface area contributed by atoms with Crippen LogP contribution >= 0.6 is 11.6 Å². The number of pyridine rings is 2. The van der Waals surface area contributed by atoms with Gasteiger partial charge in [0, 0.05) is 31.6 Å². The zero-order valence-electron chi connectivity index (χ0n) is 24.0. The van der Waals surface area contributed by atoms with Gasteiger partial charge >= 0.3 is 12.1 Å². The number of amides is 2. The first-order valence-electron chi connectivity index (χ1n) is 13.5. The lowest BCUT2D eigenvalue weighted by molar-refractivity contribution is -0.192. The molecule has 0 spiro atoms. The molecule has 2 amide bonds. The largest absolute Gasteiger partial charge is 0.491 e. The lowest BCUT2D eigenvalue weighted by Crippen LogP contribution is -2.32. The molecular formula is C29H31ClF3N5O7. The summed E-state index contributed by atoms with van der Waals surface area (Å²) in [6.07, 6.45) is 1.03. The third-order valence-corrected chi connectivity index (χ3v) is 6.47. The van der Waals surface area contributed by atoms with E-state index < -0.39 is 24.0 Å². The number of hydrogen-bond donors (Lipinski definition) is 4. The Labute approximate surface area is 261 Å². The van der Waals surface area contributed by atoms with Crippen LogP contribution in [0.25, 0.3) is 0 Å². The predicted molar refractivity (Wildman–Crippen MR) is 158 cm³/mol. The van der Waals surface area contributed by atoms with E-state index in [4.69, 9.17) is 41.4 Å². The van der Waals surface area contributed by atoms with Gasteiger partial charge in [0.2, 0.25) is 0 Å². The Bertz CT molecular complexity index is 1450. The van der Waals surface area contributed by atoms with Crippen LogP contribution in [0.1, 0.15) is 46.5 Å². The van der Waals surface area contributed by atoms with Gasteiger partial charge in [0.1, 0.15) is 23.9 Å². The summed E-state index contributed by atoms with van der Waals surface area (Å²) >= 11 is 5.86. The normalized spacial score (nSPS) is 16.0. The summed E-state index contributed by atoms with van der Waals surface area (Å²) < 4.78 is 48.8. The molecule has 0 unspecified atom stereocenters. The first-order chi connectivity index (χ1) is 21.4. The highest BCUT2D eigenvalue weighted by Gasteiger charge is 2.38. The highest BCUT2D eigenvalue weighted by Crippen LogP contribution is 2.30. The standard InChI is InChI=1S/C27H30ClN5O5.C2HF3O2/c1-36-13-14-37-20-9-10-21(23(15-20)38-19-7-5-18(29)6-8-19)26(34)32-22-3-2-12-30-25(22)27(35)33-24-11-4-17(28)16-31-24;3-2(4,5)1(6)7/h2-4,9-12,15-16,18-19H,5-8,13-14,29H2,1H3,(H,32,34)(H,31,33,35);(H,6,7). The van der Waals surface area contributed by atoms with Crippen LogP contribution < -0.4 is 25.8 Å². The third-order valence-electron chi connectivity index (χ3n) is 6.25. The quantitative estimate of drug-likeness (QED) is 0.219. The first-order valence-corrected chi connectivity index (χ1v) is 13.9. The zero-order valence-corrected chi connectivity index (χ0v) is 24.7. The maximum atomic E-state index is 13.4. The van der Waals surface area contributed by atoms with Gasteiger partial charge in [-0.05, 0) is 62.1 Å². The number of halogens is 4.